The topological polar surface area (TPSA) is 56.1 Å². The molecule has 1 heterocycles. The standard InChI is InChI=1S/C21H17F4N3O2/c22-17-7-2-1-4-14(17)12-28-19(13-8-9-13)11-18(27-28)20(29)26-15-5-3-6-16(10-15)30-21(23,24)25/h1-7,10-11,13H,8-9,12H2,(H,26,29). The maximum Gasteiger partial charge on any atom is 0.573 e. The van der Waals surface area contributed by atoms with E-state index in [1.807, 2.05) is 0 Å². The SMILES string of the molecule is O=C(Nc1cccc(OC(F)(F)F)c1)c1cc(C2CC2)n(Cc2ccccc2F)n1. The van der Waals surface area contributed by atoms with Gasteiger partial charge in [0.2, 0.25) is 0 Å². The van der Waals surface area contributed by atoms with Crippen LogP contribution in [0.2, 0.25) is 0 Å². The van der Waals surface area contributed by atoms with Gasteiger partial charge >= 0.3 is 6.36 Å². The molecule has 0 unspecified atom stereocenters. The fourth-order valence-corrected chi connectivity index (χ4v) is 3.13. The highest BCUT2D eigenvalue weighted by atomic mass is 19.4. The van der Waals surface area contributed by atoms with Crippen molar-refractivity contribution in [3.05, 3.63) is 77.4 Å². The molecule has 5 nitrogen and oxygen atoms in total. The van der Waals surface area contributed by atoms with E-state index in [-0.39, 0.29) is 29.7 Å². The largest absolute Gasteiger partial charge is 0.573 e. The van der Waals surface area contributed by atoms with Crippen LogP contribution < -0.4 is 10.1 Å². The van der Waals surface area contributed by atoms with Gasteiger partial charge in [0.15, 0.2) is 5.69 Å². The molecule has 0 aliphatic heterocycles. The fourth-order valence-electron chi connectivity index (χ4n) is 3.13. The van der Waals surface area contributed by atoms with Crippen molar-refractivity contribution >= 4 is 11.6 Å². The van der Waals surface area contributed by atoms with Gasteiger partial charge in [0, 0.05) is 28.9 Å². The van der Waals surface area contributed by atoms with Crippen LogP contribution in [0.15, 0.2) is 54.6 Å². The molecule has 0 radical (unpaired) electrons. The second-order valence-electron chi connectivity index (χ2n) is 7.01. The first-order chi connectivity index (χ1) is 14.3. The van der Waals surface area contributed by atoms with Crippen LogP contribution in [0.3, 0.4) is 0 Å². The van der Waals surface area contributed by atoms with Crippen molar-refractivity contribution in [3.63, 3.8) is 0 Å². The van der Waals surface area contributed by atoms with E-state index in [1.165, 1.54) is 18.2 Å². The molecule has 1 aromatic heterocycles. The summed E-state index contributed by atoms with van der Waals surface area (Å²) in [6.07, 6.45) is -2.91. The Morgan fingerprint density at radius 2 is 1.90 bits per heavy atom. The Morgan fingerprint density at radius 3 is 2.60 bits per heavy atom. The molecule has 1 amide bonds. The van der Waals surface area contributed by atoms with Gasteiger partial charge in [-0.25, -0.2) is 4.39 Å². The van der Waals surface area contributed by atoms with Crippen LogP contribution in [0.25, 0.3) is 0 Å². The van der Waals surface area contributed by atoms with Gasteiger partial charge in [-0.2, -0.15) is 5.10 Å². The van der Waals surface area contributed by atoms with Crippen LogP contribution in [-0.2, 0) is 6.54 Å². The van der Waals surface area contributed by atoms with E-state index in [0.717, 1.165) is 30.7 Å². The smallest absolute Gasteiger partial charge is 0.406 e. The number of carbonyl (C=O) groups excluding carboxylic acids is 1. The molecule has 9 heteroatoms. The van der Waals surface area contributed by atoms with Gasteiger partial charge < -0.3 is 10.1 Å². The van der Waals surface area contributed by atoms with Gasteiger partial charge in [0.25, 0.3) is 5.91 Å². The average Bonchev–Trinajstić information content (AvgIpc) is 3.42. The second-order valence-corrected chi connectivity index (χ2v) is 7.01. The monoisotopic (exact) mass is 419 g/mol. The van der Waals surface area contributed by atoms with Crippen molar-refractivity contribution in [1.29, 1.82) is 0 Å². The summed E-state index contributed by atoms with van der Waals surface area (Å²) in [5.41, 5.74) is 1.53. The number of ether oxygens (including phenoxy) is 1. The highest BCUT2D eigenvalue weighted by Crippen LogP contribution is 2.40. The molecule has 1 N–H and O–H groups in total. The second kappa shape index (κ2) is 7.81. The van der Waals surface area contributed by atoms with E-state index < -0.39 is 18.0 Å². The molecule has 4 rings (SSSR count). The first-order valence-corrected chi connectivity index (χ1v) is 9.27. The summed E-state index contributed by atoms with van der Waals surface area (Å²) in [6, 6.07) is 13.0. The highest BCUT2D eigenvalue weighted by molar-refractivity contribution is 6.03. The van der Waals surface area contributed by atoms with Crippen molar-refractivity contribution < 1.29 is 27.1 Å². The summed E-state index contributed by atoms with van der Waals surface area (Å²) in [5, 5.41) is 6.84. The summed E-state index contributed by atoms with van der Waals surface area (Å²) < 4.78 is 56.7. The summed E-state index contributed by atoms with van der Waals surface area (Å²) in [5.74, 6) is -1.12. The molecular formula is C21H17F4N3O2. The Bertz CT molecular complexity index is 1070. The predicted molar refractivity (Wildman–Crippen MR) is 101 cm³/mol. The third kappa shape index (κ3) is 4.79. The molecule has 1 aliphatic rings. The van der Waals surface area contributed by atoms with E-state index in [9.17, 15) is 22.4 Å². The van der Waals surface area contributed by atoms with Crippen molar-refractivity contribution in [2.75, 3.05) is 5.32 Å². The highest BCUT2D eigenvalue weighted by Gasteiger charge is 2.31. The van der Waals surface area contributed by atoms with E-state index in [1.54, 1.807) is 28.9 Å². The minimum absolute atomic E-state index is 0.107. The zero-order valence-electron chi connectivity index (χ0n) is 15.6. The third-order valence-corrected chi connectivity index (χ3v) is 4.64. The first kappa shape index (κ1) is 19.9. The Labute approximate surface area is 169 Å². The van der Waals surface area contributed by atoms with E-state index in [4.69, 9.17) is 0 Å². The van der Waals surface area contributed by atoms with Gasteiger partial charge in [0.05, 0.1) is 6.54 Å². The van der Waals surface area contributed by atoms with Crippen molar-refractivity contribution in [2.45, 2.75) is 31.7 Å². The van der Waals surface area contributed by atoms with E-state index in [2.05, 4.69) is 15.2 Å². The molecule has 0 bridgehead atoms. The zero-order valence-corrected chi connectivity index (χ0v) is 15.6. The maximum absolute atomic E-state index is 14.0. The summed E-state index contributed by atoms with van der Waals surface area (Å²) >= 11 is 0. The Balaban J connectivity index is 1.54. The number of hydrogen-bond acceptors (Lipinski definition) is 3. The van der Waals surface area contributed by atoms with Crippen molar-refractivity contribution in [1.82, 2.24) is 9.78 Å². The van der Waals surface area contributed by atoms with E-state index >= 15 is 0 Å². The molecular weight excluding hydrogens is 402 g/mol. The lowest BCUT2D eigenvalue weighted by Gasteiger charge is -2.10. The minimum atomic E-state index is -4.83. The zero-order chi connectivity index (χ0) is 21.3. The lowest BCUT2D eigenvalue weighted by molar-refractivity contribution is -0.274. The first-order valence-electron chi connectivity index (χ1n) is 9.27. The van der Waals surface area contributed by atoms with Crippen molar-refractivity contribution in [3.8, 4) is 5.75 Å². The number of hydrogen-bond donors (Lipinski definition) is 1. The van der Waals surface area contributed by atoms with Gasteiger partial charge in [-0.15, -0.1) is 13.2 Å². The average molecular weight is 419 g/mol. The van der Waals surface area contributed by atoms with Crippen LogP contribution >= 0.6 is 0 Å². The number of rotatable bonds is 6. The number of alkyl halides is 3. The summed E-state index contributed by atoms with van der Waals surface area (Å²) in [6.45, 7) is 0.181. The predicted octanol–water partition coefficient (Wildman–Crippen LogP) is 5.10. The number of benzene rings is 2. The number of carbonyl (C=O) groups is 1. The summed E-state index contributed by atoms with van der Waals surface area (Å²) in [7, 11) is 0. The van der Waals surface area contributed by atoms with Crippen LogP contribution in [0, 0.1) is 5.82 Å². The summed E-state index contributed by atoms with van der Waals surface area (Å²) in [4.78, 5) is 12.6. The van der Waals surface area contributed by atoms with Crippen molar-refractivity contribution in [2.24, 2.45) is 0 Å². The molecule has 1 fully saturated rings. The van der Waals surface area contributed by atoms with Crippen LogP contribution in [0.1, 0.15) is 40.5 Å². The molecule has 1 aliphatic carbocycles. The molecule has 0 atom stereocenters. The van der Waals surface area contributed by atoms with Crippen LogP contribution in [0.5, 0.6) is 5.75 Å². The van der Waals surface area contributed by atoms with Gasteiger partial charge in [-0.1, -0.05) is 24.3 Å². The Morgan fingerprint density at radius 1 is 1.13 bits per heavy atom. The number of halogens is 4. The van der Waals surface area contributed by atoms with Gasteiger partial charge in [-0.05, 0) is 37.1 Å². The lowest BCUT2D eigenvalue weighted by atomic mass is 10.2. The fraction of sp³-hybridized carbons (Fsp3) is 0.238. The number of anilines is 1. The normalized spacial score (nSPS) is 13.9. The van der Waals surface area contributed by atoms with Crippen LogP contribution in [0.4, 0.5) is 23.2 Å². The molecule has 156 valence electrons. The quantitative estimate of drug-likeness (QED) is 0.566. The number of nitrogens with zero attached hydrogens (tertiary/aromatic N) is 2. The number of aromatic nitrogens is 2. The molecule has 0 saturated heterocycles. The number of nitrogens with one attached hydrogen (secondary N) is 1. The molecule has 3 aromatic rings. The molecule has 0 spiro atoms. The van der Waals surface area contributed by atoms with Gasteiger partial charge in [0.1, 0.15) is 11.6 Å². The molecule has 2 aromatic carbocycles. The minimum Gasteiger partial charge on any atom is -0.406 e. The van der Waals surface area contributed by atoms with Crippen LogP contribution in [-0.4, -0.2) is 22.1 Å². The Kier molecular flexibility index (Phi) is 5.19. The van der Waals surface area contributed by atoms with E-state index in [0.29, 0.717) is 5.56 Å². The maximum atomic E-state index is 14.0. The number of amides is 1. The third-order valence-electron chi connectivity index (χ3n) is 4.64. The molecule has 30 heavy (non-hydrogen) atoms. The Hall–Kier alpha value is -3.36. The van der Waals surface area contributed by atoms with Gasteiger partial charge in [-0.3, -0.25) is 9.48 Å². The molecule has 1 saturated carbocycles. The lowest BCUT2D eigenvalue weighted by Crippen LogP contribution is -2.17.